The summed E-state index contributed by atoms with van der Waals surface area (Å²) in [7, 11) is 0. The van der Waals surface area contributed by atoms with Crippen LogP contribution in [0.3, 0.4) is 0 Å². The first-order valence-corrected chi connectivity index (χ1v) is 6.59. The predicted octanol–water partition coefficient (Wildman–Crippen LogP) is 3.32. The number of benzene rings is 1. The number of rotatable bonds is 5. The van der Waals surface area contributed by atoms with Crippen LogP contribution in [0.15, 0.2) is 18.2 Å². The molecule has 0 heterocycles. The topological polar surface area (TPSA) is 40.5 Å². The highest BCUT2D eigenvalue weighted by Gasteiger charge is 2.31. The van der Waals surface area contributed by atoms with E-state index in [0.717, 1.165) is 17.8 Å². The van der Waals surface area contributed by atoms with E-state index in [4.69, 9.17) is 0 Å². The SMILES string of the molecule is Cc1ccc(C(=O)O)c(N(CC(C)C)C2CC2)c1. The molecular formula is C15H21NO2. The normalized spacial score (nSPS) is 14.9. The molecule has 3 nitrogen and oxygen atoms in total. The summed E-state index contributed by atoms with van der Waals surface area (Å²) in [5.41, 5.74) is 2.43. The zero-order valence-corrected chi connectivity index (χ0v) is 11.3. The number of hydrogen-bond acceptors (Lipinski definition) is 2. The summed E-state index contributed by atoms with van der Waals surface area (Å²) in [6.45, 7) is 7.28. The van der Waals surface area contributed by atoms with Crippen LogP contribution in [-0.2, 0) is 0 Å². The first-order valence-electron chi connectivity index (χ1n) is 6.59. The van der Waals surface area contributed by atoms with Crippen molar-refractivity contribution in [2.75, 3.05) is 11.4 Å². The van der Waals surface area contributed by atoms with Crippen LogP contribution in [0.25, 0.3) is 0 Å². The first kappa shape index (κ1) is 12.9. The Balaban J connectivity index is 2.38. The highest BCUT2D eigenvalue weighted by Crippen LogP contribution is 2.34. The number of aryl methyl sites for hydroxylation is 1. The molecule has 3 heteroatoms. The molecule has 1 aliphatic carbocycles. The van der Waals surface area contributed by atoms with E-state index in [0.29, 0.717) is 17.5 Å². The van der Waals surface area contributed by atoms with E-state index in [1.165, 1.54) is 12.8 Å². The van der Waals surface area contributed by atoms with Crippen LogP contribution >= 0.6 is 0 Å². The van der Waals surface area contributed by atoms with Crippen molar-refractivity contribution in [1.82, 2.24) is 0 Å². The first-order chi connectivity index (χ1) is 8.49. The molecule has 18 heavy (non-hydrogen) atoms. The molecule has 1 aromatic carbocycles. The Bertz CT molecular complexity index is 450. The van der Waals surface area contributed by atoms with Gasteiger partial charge in [0.1, 0.15) is 0 Å². The number of carboxylic acid groups (broad SMARTS) is 1. The van der Waals surface area contributed by atoms with Gasteiger partial charge in [-0.1, -0.05) is 19.9 Å². The lowest BCUT2D eigenvalue weighted by Gasteiger charge is -2.28. The number of anilines is 1. The maximum absolute atomic E-state index is 11.3. The van der Waals surface area contributed by atoms with Gasteiger partial charge in [-0.3, -0.25) is 0 Å². The molecule has 1 aromatic rings. The van der Waals surface area contributed by atoms with Gasteiger partial charge in [0.05, 0.1) is 11.3 Å². The predicted molar refractivity (Wildman–Crippen MR) is 73.3 cm³/mol. The second-order valence-corrected chi connectivity index (χ2v) is 5.60. The molecule has 0 atom stereocenters. The van der Waals surface area contributed by atoms with E-state index >= 15 is 0 Å². The van der Waals surface area contributed by atoms with Crippen molar-refractivity contribution in [1.29, 1.82) is 0 Å². The fourth-order valence-electron chi connectivity index (χ4n) is 2.28. The van der Waals surface area contributed by atoms with Gasteiger partial charge in [-0.15, -0.1) is 0 Å². The Kier molecular flexibility index (Phi) is 3.60. The third-order valence-corrected chi connectivity index (χ3v) is 3.24. The molecule has 1 N–H and O–H groups in total. The van der Waals surface area contributed by atoms with Gasteiger partial charge in [0.25, 0.3) is 0 Å². The molecule has 0 amide bonds. The van der Waals surface area contributed by atoms with E-state index in [-0.39, 0.29) is 0 Å². The number of hydrogen-bond donors (Lipinski definition) is 1. The molecule has 2 rings (SSSR count). The van der Waals surface area contributed by atoms with Crippen LogP contribution in [-0.4, -0.2) is 23.7 Å². The fourth-order valence-corrected chi connectivity index (χ4v) is 2.28. The summed E-state index contributed by atoms with van der Waals surface area (Å²) in [6.07, 6.45) is 2.36. The van der Waals surface area contributed by atoms with E-state index in [2.05, 4.69) is 18.7 Å². The Hall–Kier alpha value is -1.51. The molecule has 98 valence electrons. The number of carbonyl (C=O) groups is 1. The fraction of sp³-hybridized carbons (Fsp3) is 0.533. The highest BCUT2D eigenvalue weighted by molar-refractivity contribution is 5.94. The van der Waals surface area contributed by atoms with Crippen LogP contribution in [0.5, 0.6) is 0 Å². The van der Waals surface area contributed by atoms with Crippen LogP contribution in [0.2, 0.25) is 0 Å². The van der Waals surface area contributed by atoms with Crippen molar-refractivity contribution in [2.24, 2.45) is 5.92 Å². The third kappa shape index (κ3) is 2.84. The standard InChI is InChI=1S/C15H21NO2/c1-10(2)9-16(12-5-6-12)14-8-11(3)4-7-13(14)15(17)18/h4,7-8,10,12H,5-6,9H2,1-3H3,(H,17,18). The van der Waals surface area contributed by atoms with Gasteiger partial charge in [0.15, 0.2) is 0 Å². The second-order valence-electron chi connectivity index (χ2n) is 5.60. The summed E-state index contributed by atoms with van der Waals surface area (Å²) >= 11 is 0. The minimum absolute atomic E-state index is 0.424. The maximum atomic E-state index is 11.3. The molecular weight excluding hydrogens is 226 g/mol. The minimum atomic E-state index is -0.834. The minimum Gasteiger partial charge on any atom is -0.478 e. The monoisotopic (exact) mass is 247 g/mol. The van der Waals surface area contributed by atoms with Crippen LogP contribution < -0.4 is 4.90 Å². The van der Waals surface area contributed by atoms with Crippen molar-refractivity contribution in [2.45, 2.75) is 39.7 Å². The molecule has 0 spiro atoms. The van der Waals surface area contributed by atoms with Gasteiger partial charge in [-0.2, -0.15) is 0 Å². The van der Waals surface area contributed by atoms with Crippen molar-refractivity contribution < 1.29 is 9.90 Å². The van der Waals surface area contributed by atoms with Gasteiger partial charge < -0.3 is 10.0 Å². The smallest absolute Gasteiger partial charge is 0.337 e. The van der Waals surface area contributed by atoms with Gasteiger partial charge in [0.2, 0.25) is 0 Å². The summed E-state index contributed by atoms with van der Waals surface area (Å²) in [6, 6.07) is 6.13. The van der Waals surface area contributed by atoms with Gasteiger partial charge >= 0.3 is 5.97 Å². The highest BCUT2D eigenvalue weighted by atomic mass is 16.4. The molecule has 1 saturated carbocycles. The molecule has 0 saturated heterocycles. The van der Waals surface area contributed by atoms with Crippen molar-refractivity contribution in [3.63, 3.8) is 0 Å². The Labute approximate surface area is 108 Å². The zero-order valence-electron chi connectivity index (χ0n) is 11.3. The Morgan fingerprint density at radius 3 is 2.61 bits per heavy atom. The number of aromatic carboxylic acids is 1. The zero-order chi connectivity index (χ0) is 13.3. The number of carboxylic acids is 1. The van der Waals surface area contributed by atoms with Gasteiger partial charge in [0, 0.05) is 12.6 Å². The summed E-state index contributed by atoms with van der Waals surface area (Å²) in [4.78, 5) is 13.6. The van der Waals surface area contributed by atoms with E-state index in [9.17, 15) is 9.90 Å². The second kappa shape index (κ2) is 5.01. The van der Waals surface area contributed by atoms with Crippen LogP contribution in [0, 0.1) is 12.8 Å². The molecule has 1 aliphatic rings. The van der Waals surface area contributed by atoms with Gasteiger partial charge in [-0.25, -0.2) is 4.79 Å². The van der Waals surface area contributed by atoms with Gasteiger partial charge in [-0.05, 0) is 43.4 Å². The molecule has 0 unspecified atom stereocenters. The average Bonchev–Trinajstić information content (AvgIpc) is 3.08. The van der Waals surface area contributed by atoms with E-state index < -0.39 is 5.97 Å². The average molecular weight is 247 g/mol. The van der Waals surface area contributed by atoms with Crippen LogP contribution in [0.4, 0.5) is 5.69 Å². The molecule has 0 bridgehead atoms. The summed E-state index contributed by atoms with van der Waals surface area (Å²) < 4.78 is 0. The van der Waals surface area contributed by atoms with E-state index in [1.807, 2.05) is 19.1 Å². The Morgan fingerprint density at radius 2 is 2.11 bits per heavy atom. The lowest BCUT2D eigenvalue weighted by Crippen LogP contribution is -2.31. The van der Waals surface area contributed by atoms with Crippen molar-refractivity contribution >= 4 is 11.7 Å². The largest absolute Gasteiger partial charge is 0.478 e. The van der Waals surface area contributed by atoms with Crippen molar-refractivity contribution in [3.05, 3.63) is 29.3 Å². The van der Waals surface area contributed by atoms with Crippen LogP contribution in [0.1, 0.15) is 42.6 Å². The lowest BCUT2D eigenvalue weighted by molar-refractivity contribution is 0.0697. The number of nitrogens with zero attached hydrogens (tertiary/aromatic N) is 1. The molecule has 0 aliphatic heterocycles. The quantitative estimate of drug-likeness (QED) is 0.867. The lowest BCUT2D eigenvalue weighted by atomic mass is 10.1. The summed E-state index contributed by atoms with van der Waals surface area (Å²) in [5, 5.41) is 9.32. The molecule has 0 radical (unpaired) electrons. The Morgan fingerprint density at radius 1 is 1.44 bits per heavy atom. The van der Waals surface area contributed by atoms with Crippen molar-refractivity contribution in [3.8, 4) is 0 Å². The summed E-state index contributed by atoms with van der Waals surface area (Å²) in [5.74, 6) is -0.299. The molecule has 0 aromatic heterocycles. The molecule has 1 fully saturated rings. The maximum Gasteiger partial charge on any atom is 0.337 e. The van der Waals surface area contributed by atoms with E-state index in [1.54, 1.807) is 6.07 Å². The third-order valence-electron chi connectivity index (χ3n) is 3.24.